The van der Waals surface area contributed by atoms with Gasteiger partial charge >= 0.3 is 34.1 Å². The fourth-order valence-corrected chi connectivity index (χ4v) is 7.62. The van der Waals surface area contributed by atoms with E-state index in [-0.39, 0.29) is 34.1 Å². The Morgan fingerprint density at radius 1 is 0.149 bits per heavy atom. The molecule has 0 aliphatic rings. The molecule has 8 aromatic rings. The first-order valence-corrected chi connectivity index (χ1v) is 26.3. The average molecular weight is 1790 g/mol. The first-order chi connectivity index (χ1) is 51.6. The van der Waals surface area contributed by atoms with Crippen molar-refractivity contribution in [1.82, 2.24) is 0 Å². The van der Waals surface area contributed by atoms with Crippen molar-refractivity contribution in [3.8, 4) is 0 Å². The van der Waals surface area contributed by atoms with E-state index in [2.05, 4.69) is 0 Å². The van der Waals surface area contributed by atoms with Crippen molar-refractivity contribution >= 4 is 46.2 Å². The van der Waals surface area contributed by atoms with Gasteiger partial charge in [0.25, 0.3) is 0 Å². The maximum atomic E-state index is 13.5. The summed E-state index contributed by atoms with van der Waals surface area (Å²) in [6.45, 7) is 0. The SMILES string of the molecule is C[O-].C[O-].O=C(/C=C(\[O-])c1c(F)c(F)c(F)c(F)c1F)c1c(F)c(F)c(F)c(F)c1F.O=C(/C=C(\[O-])c1c(F)c(F)c(F)c(F)c1F)c1c(F)c(F)c(F)c(F)c1F.O=C(/C=C(\[O-])c1c(F)c(F)c(F)c(F)c1F)c1c(F)c(F)c(F)c(F)c1F.O=C(/C=C(\[O-])c1c(F)c(F)c(F)c(F)c1F)c1c(F)c(F)c(F)c(F)c1F.[Fe+3].[Fe+3]. The standard InChI is InChI=1S/4C15H2F10O2.2CH3O.2Fe/c4*16-6-4(7(17)11(21)14(24)10(6)20)2(26)1-3(27)5-8(18)12(22)15(25)13(23)9(5)19;2*1-2;;/h4*1,26H;2*1H3;;/q;;;;2*-1;2*+3/p-4/b4*2-1-;;;;. The first kappa shape index (κ1) is 101. The van der Waals surface area contributed by atoms with Gasteiger partial charge in [-0.2, -0.15) is 14.2 Å². The van der Waals surface area contributed by atoms with Crippen molar-refractivity contribution in [3.63, 3.8) is 0 Å². The van der Waals surface area contributed by atoms with Crippen LogP contribution in [0.4, 0.5) is 176 Å². The minimum Gasteiger partial charge on any atom is -0.872 e. The molecule has 0 aromatic heterocycles. The summed E-state index contributed by atoms with van der Waals surface area (Å²) < 4.78 is 527. The van der Waals surface area contributed by atoms with Crippen LogP contribution in [0.3, 0.4) is 0 Å². The van der Waals surface area contributed by atoms with Crippen molar-refractivity contribution in [2.75, 3.05) is 14.2 Å². The zero-order valence-corrected chi connectivity index (χ0v) is 54.4. The molecule has 0 aliphatic heterocycles. The molecule has 10 nitrogen and oxygen atoms in total. The van der Waals surface area contributed by atoms with Gasteiger partial charge in [0.2, 0.25) is 46.5 Å². The van der Waals surface area contributed by atoms with E-state index < -0.39 is 348 Å². The van der Waals surface area contributed by atoms with Gasteiger partial charge in [-0.3, -0.25) is 19.2 Å². The number of carbonyl (C=O) groups excluding carboxylic acids is 4. The summed E-state index contributed by atoms with van der Waals surface area (Å²) in [5, 5.41) is 63.0. The van der Waals surface area contributed by atoms with Gasteiger partial charge in [0, 0.05) is 22.3 Å². The quantitative estimate of drug-likeness (QED) is 0.0215. The largest absolute Gasteiger partial charge is 3.00 e. The monoisotopic (exact) mass is 1790 g/mol. The number of rotatable bonds is 12. The molecule has 0 N–H and O–H groups in total. The molecule has 114 heavy (non-hydrogen) atoms. The van der Waals surface area contributed by atoms with Crippen LogP contribution in [0.2, 0.25) is 0 Å². The second-order valence-corrected chi connectivity index (χ2v) is 19.1. The zero-order chi connectivity index (χ0) is 87.2. The predicted octanol–water partition coefficient (Wildman–Crippen LogP) is 12.6. The fraction of sp³-hybridized carbons (Fsp3) is 0.0323. The van der Waals surface area contributed by atoms with Crippen LogP contribution in [0, 0.1) is 233 Å². The van der Waals surface area contributed by atoms with E-state index in [9.17, 15) is 215 Å². The van der Waals surface area contributed by atoms with Gasteiger partial charge < -0.3 is 30.6 Å². The smallest absolute Gasteiger partial charge is 0.872 e. The van der Waals surface area contributed by atoms with Gasteiger partial charge in [0.15, 0.2) is 209 Å². The maximum absolute atomic E-state index is 13.5. The summed E-state index contributed by atoms with van der Waals surface area (Å²) in [6.07, 6.45) is -2.35. The number of hydrogen-bond acceptors (Lipinski definition) is 10. The Bertz CT molecular complexity index is 4490. The molecule has 0 bridgehead atoms. The van der Waals surface area contributed by atoms with E-state index in [1.807, 2.05) is 0 Å². The van der Waals surface area contributed by atoms with Crippen molar-refractivity contribution < 1.29 is 260 Å². The van der Waals surface area contributed by atoms with E-state index >= 15 is 0 Å². The average Bonchev–Trinajstić information content (AvgIpc) is 0.784. The van der Waals surface area contributed by atoms with Crippen LogP contribution in [0.25, 0.3) is 23.0 Å². The number of hydrogen-bond donors (Lipinski definition) is 0. The van der Waals surface area contributed by atoms with E-state index in [4.69, 9.17) is 10.2 Å². The van der Waals surface area contributed by atoms with Crippen LogP contribution >= 0.6 is 0 Å². The number of benzene rings is 8. The zero-order valence-electron chi connectivity index (χ0n) is 52.2. The third-order valence-electron chi connectivity index (χ3n) is 12.7. The Morgan fingerprint density at radius 2 is 0.211 bits per heavy atom. The second-order valence-electron chi connectivity index (χ2n) is 19.1. The van der Waals surface area contributed by atoms with Crippen LogP contribution < -0.4 is 30.6 Å². The Hall–Kier alpha value is -11.2. The van der Waals surface area contributed by atoms with Gasteiger partial charge in [0.1, 0.15) is 0 Å². The molecule has 2 radical (unpaired) electrons. The Kier molecular flexibility index (Phi) is 35.3. The maximum Gasteiger partial charge on any atom is 3.00 e. The minimum atomic E-state index is -2.64. The molecule has 0 saturated carbocycles. The molecule has 0 spiro atoms. The Labute approximate surface area is 619 Å². The molecule has 614 valence electrons. The second kappa shape index (κ2) is 40.0. The number of carbonyl (C=O) groups is 4. The van der Waals surface area contributed by atoms with Crippen LogP contribution in [0.1, 0.15) is 63.7 Å². The molecule has 0 atom stereocenters. The van der Waals surface area contributed by atoms with E-state index in [0.29, 0.717) is 0 Å². The summed E-state index contributed by atoms with van der Waals surface area (Å²) in [4.78, 5) is 46.5. The molecule has 0 amide bonds. The van der Waals surface area contributed by atoms with Crippen molar-refractivity contribution in [2.24, 2.45) is 0 Å². The van der Waals surface area contributed by atoms with E-state index in [1.165, 1.54) is 0 Å². The van der Waals surface area contributed by atoms with E-state index in [1.54, 1.807) is 0 Å². The van der Waals surface area contributed by atoms with Crippen molar-refractivity contribution in [2.45, 2.75) is 0 Å². The molecule has 0 aliphatic carbocycles. The molecule has 8 aromatic carbocycles. The molecule has 0 unspecified atom stereocenters. The van der Waals surface area contributed by atoms with Gasteiger partial charge in [-0.05, 0) is 24.3 Å². The summed E-state index contributed by atoms with van der Waals surface area (Å²) in [5.74, 6) is -123. The fourth-order valence-electron chi connectivity index (χ4n) is 7.62. The topological polar surface area (TPSA) is 207 Å². The molecule has 8 rings (SSSR count). The molecule has 0 fully saturated rings. The molecular weight excluding hydrogens is 1780 g/mol. The molecule has 0 saturated heterocycles. The van der Waals surface area contributed by atoms with Crippen molar-refractivity contribution in [1.29, 1.82) is 0 Å². The number of halogens is 40. The summed E-state index contributed by atoms with van der Waals surface area (Å²) in [7, 11) is 1.50. The van der Waals surface area contributed by atoms with Crippen LogP contribution in [0.5, 0.6) is 0 Å². The minimum absolute atomic E-state index is 0. The Morgan fingerprint density at radius 3 is 0.289 bits per heavy atom. The third-order valence-corrected chi connectivity index (χ3v) is 12.7. The van der Waals surface area contributed by atoms with Gasteiger partial charge in [-0.15, -0.1) is 0 Å². The summed E-state index contributed by atoms with van der Waals surface area (Å²) in [5.41, 5.74) is -17.3. The van der Waals surface area contributed by atoms with Crippen LogP contribution in [-0.2, 0) is 34.1 Å². The number of allylic oxidation sites excluding steroid dienone is 4. The normalized spacial score (nSPS) is 11.3. The molecule has 52 heteroatoms. The van der Waals surface area contributed by atoms with Gasteiger partial charge in [-0.1, -0.05) is 23.0 Å². The van der Waals surface area contributed by atoms with E-state index in [0.717, 1.165) is 14.2 Å². The molecule has 0 heterocycles. The first-order valence-electron chi connectivity index (χ1n) is 26.3. The van der Waals surface area contributed by atoms with Crippen molar-refractivity contribution in [3.05, 3.63) is 302 Å². The summed E-state index contributed by atoms with van der Waals surface area (Å²) in [6, 6.07) is 0. The van der Waals surface area contributed by atoms with Crippen LogP contribution in [0.15, 0.2) is 24.3 Å². The number of ketones is 4. The van der Waals surface area contributed by atoms with Crippen LogP contribution in [-0.4, -0.2) is 37.4 Å². The predicted molar refractivity (Wildman–Crippen MR) is 271 cm³/mol. The van der Waals surface area contributed by atoms with Gasteiger partial charge in [0.05, 0.1) is 22.3 Å². The molecular formula is C62H10F40Fe2O10. The third kappa shape index (κ3) is 19.2. The summed E-state index contributed by atoms with van der Waals surface area (Å²) >= 11 is 0. The Balaban J connectivity index is 0.000000744. The van der Waals surface area contributed by atoms with Gasteiger partial charge in [-0.25, -0.2) is 176 Å².